The van der Waals surface area contributed by atoms with E-state index in [1.807, 2.05) is 12.1 Å². The van der Waals surface area contributed by atoms with Gasteiger partial charge in [0.15, 0.2) is 11.5 Å². The third-order valence-electron chi connectivity index (χ3n) is 1.93. The lowest BCUT2D eigenvalue weighted by atomic mass is 10.3. The van der Waals surface area contributed by atoms with E-state index >= 15 is 0 Å². The van der Waals surface area contributed by atoms with Gasteiger partial charge in [-0.1, -0.05) is 17.7 Å². The summed E-state index contributed by atoms with van der Waals surface area (Å²) >= 11 is 9.05. The monoisotopic (exact) mass is 314 g/mol. The first-order chi connectivity index (χ1) is 8.20. The van der Waals surface area contributed by atoms with E-state index in [-0.39, 0.29) is 6.01 Å². The average molecular weight is 316 g/mol. The minimum Gasteiger partial charge on any atom is -0.492 e. The van der Waals surface area contributed by atoms with Crippen molar-refractivity contribution in [3.8, 4) is 17.5 Å². The number of halogens is 2. The van der Waals surface area contributed by atoms with Gasteiger partial charge in [0.1, 0.15) is 0 Å². The molecule has 0 saturated heterocycles. The van der Waals surface area contributed by atoms with Crippen molar-refractivity contribution in [2.24, 2.45) is 0 Å². The van der Waals surface area contributed by atoms with Gasteiger partial charge in [-0.15, -0.1) is 0 Å². The highest BCUT2D eigenvalue weighted by Gasteiger charge is 2.10. The molecule has 0 radical (unpaired) electrons. The smallest absolute Gasteiger partial charge is 0.322 e. The molecule has 0 aliphatic carbocycles. The molecule has 0 N–H and O–H groups in total. The second-order valence-electron chi connectivity index (χ2n) is 3.06. The van der Waals surface area contributed by atoms with E-state index in [4.69, 9.17) is 21.1 Å². The molecule has 0 spiro atoms. The van der Waals surface area contributed by atoms with E-state index in [1.54, 1.807) is 13.2 Å². The fourth-order valence-corrected chi connectivity index (χ4v) is 1.83. The fraction of sp³-hybridized carbons (Fsp3) is 0.0909. The topological polar surface area (TPSA) is 44.2 Å². The van der Waals surface area contributed by atoms with E-state index in [0.29, 0.717) is 16.5 Å². The number of nitrogens with zero attached hydrogens (tertiary/aromatic N) is 2. The van der Waals surface area contributed by atoms with Crippen molar-refractivity contribution in [2.45, 2.75) is 0 Å². The molecule has 2 aromatic rings. The summed E-state index contributed by atoms with van der Waals surface area (Å²) in [6.07, 6.45) is 2.93. The number of hydrogen-bond donors (Lipinski definition) is 0. The van der Waals surface area contributed by atoms with Crippen LogP contribution in [0, 0.1) is 0 Å². The molecule has 0 amide bonds. The van der Waals surface area contributed by atoms with Crippen LogP contribution in [0.2, 0.25) is 5.02 Å². The fourth-order valence-electron chi connectivity index (χ4n) is 1.22. The maximum atomic E-state index is 5.69. The van der Waals surface area contributed by atoms with Gasteiger partial charge in [0.05, 0.1) is 29.0 Å². The molecule has 1 aromatic carbocycles. The van der Waals surface area contributed by atoms with Crippen LogP contribution in [0.1, 0.15) is 0 Å². The van der Waals surface area contributed by atoms with E-state index in [1.165, 1.54) is 12.4 Å². The van der Waals surface area contributed by atoms with E-state index < -0.39 is 0 Å². The largest absolute Gasteiger partial charge is 0.492 e. The predicted octanol–water partition coefficient (Wildman–Crippen LogP) is 3.69. The third-order valence-corrected chi connectivity index (χ3v) is 2.75. The molecule has 0 fully saturated rings. The summed E-state index contributed by atoms with van der Waals surface area (Å²) < 4.78 is 11.5. The molecule has 0 aliphatic rings. The quantitative estimate of drug-likeness (QED) is 0.866. The van der Waals surface area contributed by atoms with Gasteiger partial charge in [0.2, 0.25) is 0 Å². The lowest BCUT2D eigenvalue weighted by Crippen LogP contribution is -1.94. The molecule has 88 valence electrons. The molecule has 17 heavy (non-hydrogen) atoms. The molecule has 0 aliphatic heterocycles. The second-order valence-corrected chi connectivity index (χ2v) is 4.35. The number of ether oxygens (including phenoxy) is 2. The number of para-hydroxylation sites is 1. The Morgan fingerprint density at radius 1 is 1.24 bits per heavy atom. The molecular formula is C11H8BrClN2O2. The molecule has 1 aromatic heterocycles. The molecule has 0 unspecified atom stereocenters. The summed E-state index contributed by atoms with van der Waals surface area (Å²) in [6.45, 7) is 0. The number of benzene rings is 1. The van der Waals surface area contributed by atoms with Crippen molar-refractivity contribution in [2.75, 3.05) is 7.11 Å². The van der Waals surface area contributed by atoms with Gasteiger partial charge in [-0.2, -0.15) is 0 Å². The van der Waals surface area contributed by atoms with Crippen LogP contribution in [0.15, 0.2) is 35.1 Å². The highest BCUT2D eigenvalue weighted by Crippen LogP contribution is 2.36. The van der Waals surface area contributed by atoms with Crippen molar-refractivity contribution in [3.05, 3.63) is 40.1 Å². The summed E-state index contributed by atoms with van der Waals surface area (Å²) in [5.74, 6) is 1.12. The van der Waals surface area contributed by atoms with E-state index in [9.17, 15) is 0 Å². The first-order valence-corrected chi connectivity index (χ1v) is 5.85. The lowest BCUT2D eigenvalue weighted by molar-refractivity contribution is 0.366. The first kappa shape index (κ1) is 12.1. The minimum atomic E-state index is 0.214. The Morgan fingerprint density at radius 3 is 2.59 bits per heavy atom. The van der Waals surface area contributed by atoms with Crippen molar-refractivity contribution < 1.29 is 9.47 Å². The summed E-state index contributed by atoms with van der Waals surface area (Å²) in [4.78, 5) is 7.88. The van der Waals surface area contributed by atoms with Crippen molar-refractivity contribution in [3.63, 3.8) is 0 Å². The van der Waals surface area contributed by atoms with Gasteiger partial charge in [-0.25, -0.2) is 9.97 Å². The Labute approximate surface area is 112 Å². The number of rotatable bonds is 3. The number of methoxy groups -OCH3 is 1. The Balaban J connectivity index is 2.29. The molecule has 1 heterocycles. The SMILES string of the molecule is COc1c(Br)cccc1Oc1ncc(Cl)cn1. The summed E-state index contributed by atoms with van der Waals surface area (Å²) in [6, 6.07) is 5.67. The van der Waals surface area contributed by atoms with Crippen molar-refractivity contribution >= 4 is 27.5 Å². The Bertz CT molecular complexity index is 519. The van der Waals surface area contributed by atoms with Crippen molar-refractivity contribution in [1.82, 2.24) is 9.97 Å². The van der Waals surface area contributed by atoms with Crippen LogP contribution < -0.4 is 9.47 Å². The molecule has 4 nitrogen and oxygen atoms in total. The van der Waals surface area contributed by atoms with Crippen LogP contribution in [0.3, 0.4) is 0 Å². The highest BCUT2D eigenvalue weighted by atomic mass is 79.9. The molecule has 6 heteroatoms. The molecule has 0 atom stereocenters. The summed E-state index contributed by atoms with van der Waals surface area (Å²) in [7, 11) is 1.57. The second kappa shape index (κ2) is 5.33. The standard InChI is InChI=1S/C11H8BrClN2O2/c1-16-10-8(12)3-2-4-9(10)17-11-14-5-7(13)6-15-11/h2-6H,1H3. The maximum Gasteiger partial charge on any atom is 0.322 e. The molecule has 0 saturated carbocycles. The zero-order valence-electron chi connectivity index (χ0n) is 8.85. The Kier molecular flexibility index (Phi) is 3.81. The van der Waals surface area contributed by atoms with E-state index in [2.05, 4.69) is 25.9 Å². The molecule has 0 bridgehead atoms. The van der Waals surface area contributed by atoms with Crippen LogP contribution in [0.4, 0.5) is 0 Å². The third kappa shape index (κ3) is 2.87. The lowest BCUT2D eigenvalue weighted by Gasteiger charge is -2.09. The molecular weight excluding hydrogens is 307 g/mol. The van der Waals surface area contributed by atoms with Crippen molar-refractivity contribution in [1.29, 1.82) is 0 Å². The van der Waals surface area contributed by atoms with E-state index in [0.717, 1.165) is 4.47 Å². The first-order valence-electron chi connectivity index (χ1n) is 4.68. The van der Waals surface area contributed by atoms with Crippen LogP contribution in [0.25, 0.3) is 0 Å². The van der Waals surface area contributed by atoms with Crippen LogP contribution in [-0.2, 0) is 0 Å². The zero-order valence-corrected chi connectivity index (χ0v) is 11.2. The predicted molar refractivity (Wildman–Crippen MR) is 67.8 cm³/mol. The summed E-state index contributed by atoms with van der Waals surface area (Å²) in [5, 5.41) is 0.457. The van der Waals surface area contributed by atoms with Crippen LogP contribution in [-0.4, -0.2) is 17.1 Å². The Morgan fingerprint density at radius 2 is 1.94 bits per heavy atom. The van der Waals surface area contributed by atoms with Crippen LogP contribution in [0.5, 0.6) is 17.5 Å². The minimum absolute atomic E-state index is 0.214. The van der Waals surface area contributed by atoms with Gasteiger partial charge in [-0.05, 0) is 28.1 Å². The number of hydrogen-bond acceptors (Lipinski definition) is 4. The highest BCUT2D eigenvalue weighted by molar-refractivity contribution is 9.10. The van der Waals surface area contributed by atoms with Crippen LogP contribution >= 0.6 is 27.5 Å². The zero-order chi connectivity index (χ0) is 12.3. The molecule has 2 rings (SSSR count). The van der Waals surface area contributed by atoms with Gasteiger partial charge in [0.25, 0.3) is 0 Å². The number of aromatic nitrogens is 2. The van der Waals surface area contributed by atoms with Gasteiger partial charge < -0.3 is 9.47 Å². The van der Waals surface area contributed by atoms with Gasteiger partial charge >= 0.3 is 6.01 Å². The average Bonchev–Trinajstić information content (AvgIpc) is 2.32. The normalized spacial score (nSPS) is 10.1. The Hall–Kier alpha value is -1.33. The maximum absolute atomic E-state index is 5.69. The van der Waals surface area contributed by atoms with Gasteiger partial charge in [0, 0.05) is 0 Å². The van der Waals surface area contributed by atoms with Gasteiger partial charge in [-0.3, -0.25) is 0 Å². The summed E-state index contributed by atoms with van der Waals surface area (Å²) in [5.41, 5.74) is 0.